The number of carbonyl (C=O) groups excluding carboxylic acids is 2. The smallest absolute Gasteiger partial charge is 0.254 e. The Hall–Kier alpha value is -6.82. The Morgan fingerprint density at radius 2 is 1.17 bits per heavy atom. The molecule has 0 bridgehead atoms. The molecule has 2 aliphatic heterocycles. The Labute approximate surface area is 337 Å². The van der Waals surface area contributed by atoms with Crippen LogP contribution in [0, 0.1) is 12.7 Å². The molecular formula is C46H46FN7O4. The summed E-state index contributed by atoms with van der Waals surface area (Å²) in [6, 6.07) is 29.0. The first-order valence-corrected chi connectivity index (χ1v) is 19.4. The standard InChI is InChI=1S/C23H22FN3O2.C23H24N4O2/c1-3-27-14-19-18(23(27)28)12-13-25-22(19)26-15(2)16-8-10-17(11-9-16)29-21-7-5-4-6-20(21)24;1-4-27-14-20-19(23(27)28)11-12-24-22(20)26-16(3)17-7-10-21(25-13-17)29-18-8-5-15(2)6-9-18/h4-13,15H,3,14H2,1-2H3,(H,25,26);5-13,16H,4,14H2,1-3H3,(H,24,26). The van der Waals surface area contributed by atoms with Gasteiger partial charge in [0.1, 0.15) is 23.1 Å². The van der Waals surface area contributed by atoms with Crippen LogP contribution in [0.2, 0.25) is 0 Å². The van der Waals surface area contributed by atoms with E-state index in [4.69, 9.17) is 9.47 Å². The van der Waals surface area contributed by atoms with Crippen molar-refractivity contribution < 1.29 is 23.5 Å². The molecule has 2 atom stereocenters. The van der Waals surface area contributed by atoms with Crippen molar-refractivity contribution in [3.05, 3.63) is 160 Å². The molecule has 0 aliphatic carbocycles. The average molecular weight is 780 g/mol. The van der Waals surface area contributed by atoms with Gasteiger partial charge in [0, 0.05) is 66.0 Å². The van der Waals surface area contributed by atoms with E-state index in [0.717, 1.165) is 45.2 Å². The van der Waals surface area contributed by atoms with Crippen LogP contribution < -0.4 is 20.1 Å². The number of ether oxygens (including phenoxy) is 2. The fraction of sp³-hybridized carbons (Fsp3) is 0.239. The number of benzene rings is 3. The van der Waals surface area contributed by atoms with Crippen molar-refractivity contribution >= 4 is 23.5 Å². The van der Waals surface area contributed by atoms with Gasteiger partial charge in [0.05, 0.1) is 19.1 Å². The fourth-order valence-corrected chi connectivity index (χ4v) is 6.82. The van der Waals surface area contributed by atoms with Crippen LogP contribution in [-0.4, -0.2) is 49.7 Å². The number of carbonyl (C=O) groups is 2. The number of halogens is 1. The molecule has 12 heteroatoms. The van der Waals surface area contributed by atoms with Gasteiger partial charge in [-0.3, -0.25) is 9.59 Å². The number of aryl methyl sites for hydroxylation is 1. The molecule has 6 aromatic rings. The number of para-hydroxylation sites is 1. The molecule has 0 fully saturated rings. The zero-order valence-corrected chi connectivity index (χ0v) is 33.2. The van der Waals surface area contributed by atoms with E-state index < -0.39 is 5.82 Å². The van der Waals surface area contributed by atoms with Gasteiger partial charge in [-0.25, -0.2) is 19.3 Å². The summed E-state index contributed by atoms with van der Waals surface area (Å²) < 4.78 is 25.1. The number of nitrogens with zero attached hydrogens (tertiary/aromatic N) is 5. The summed E-state index contributed by atoms with van der Waals surface area (Å²) in [6.07, 6.45) is 5.14. The Morgan fingerprint density at radius 3 is 1.71 bits per heavy atom. The van der Waals surface area contributed by atoms with Gasteiger partial charge >= 0.3 is 0 Å². The lowest BCUT2D eigenvalue weighted by atomic mass is 10.1. The Kier molecular flexibility index (Phi) is 11.9. The minimum Gasteiger partial charge on any atom is -0.454 e. The summed E-state index contributed by atoms with van der Waals surface area (Å²) in [6.45, 7) is 12.6. The Bertz CT molecular complexity index is 2390. The van der Waals surface area contributed by atoms with Gasteiger partial charge in [-0.05, 0) is 94.3 Å². The maximum atomic E-state index is 13.7. The Morgan fingerprint density at radius 1 is 0.655 bits per heavy atom. The van der Waals surface area contributed by atoms with Gasteiger partial charge in [-0.15, -0.1) is 0 Å². The summed E-state index contributed by atoms with van der Waals surface area (Å²) in [5.74, 6) is 3.27. The third-order valence-electron chi connectivity index (χ3n) is 10.3. The number of fused-ring (bicyclic) bond motifs is 2. The van der Waals surface area contributed by atoms with Gasteiger partial charge in [-0.2, -0.15) is 0 Å². The fourth-order valence-electron chi connectivity index (χ4n) is 6.82. The van der Waals surface area contributed by atoms with Crippen LogP contribution in [0.5, 0.6) is 23.1 Å². The SMILES string of the molecule is CCN1Cc2c(ccnc2NC(C)c2ccc(Oc3ccc(C)cc3)nc2)C1=O.CCN1Cc2c(ccnc2NC(C)c2ccc(Oc3ccccc3F)cc2)C1=O. The van der Waals surface area contributed by atoms with E-state index in [2.05, 4.69) is 25.6 Å². The van der Waals surface area contributed by atoms with Crippen LogP contribution in [0.15, 0.2) is 116 Å². The first-order chi connectivity index (χ1) is 28.1. The van der Waals surface area contributed by atoms with Crippen molar-refractivity contribution in [3.8, 4) is 23.1 Å². The van der Waals surface area contributed by atoms with Crippen LogP contribution in [0.25, 0.3) is 0 Å². The first kappa shape index (κ1) is 39.4. The van der Waals surface area contributed by atoms with Crippen LogP contribution in [0.4, 0.5) is 16.0 Å². The number of aromatic nitrogens is 3. The second kappa shape index (κ2) is 17.5. The average Bonchev–Trinajstić information content (AvgIpc) is 3.76. The van der Waals surface area contributed by atoms with Crippen molar-refractivity contribution in [2.45, 2.75) is 59.8 Å². The highest BCUT2D eigenvalue weighted by molar-refractivity contribution is 6.00. The van der Waals surface area contributed by atoms with Crippen molar-refractivity contribution in [3.63, 3.8) is 0 Å². The molecule has 3 aromatic heterocycles. The molecule has 3 aromatic carbocycles. The molecule has 5 heterocycles. The summed E-state index contributed by atoms with van der Waals surface area (Å²) in [5.41, 5.74) is 6.57. The molecule has 2 aliphatic rings. The highest BCUT2D eigenvalue weighted by Crippen LogP contribution is 2.32. The number of pyridine rings is 3. The van der Waals surface area contributed by atoms with Gasteiger partial charge < -0.3 is 29.9 Å². The minimum absolute atomic E-state index is 0.0132. The van der Waals surface area contributed by atoms with Gasteiger partial charge in [0.2, 0.25) is 5.88 Å². The van der Waals surface area contributed by atoms with E-state index in [9.17, 15) is 14.0 Å². The highest BCUT2D eigenvalue weighted by atomic mass is 19.1. The second-order valence-electron chi connectivity index (χ2n) is 14.2. The zero-order chi connectivity index (χ0) is 40.8. The molecule has 58 heavy (non-hydrogen) atoms. The monoisotopic (exact) mass is 779 g/mol. The second-order valence-corrected chi connectivity index (χ2v) is 14.2. The zero-order valence-electron chi connectivity index (χ0n) is 33.2. The van der Waals surface area contributed by atoms with Crippen molar-refractivity contribution in [1.82, 2.24) is 24.8 Å². The predicted molar refractivity (Wildman–Crippen MR) is 222 cm³/mol. The minimum atomic E-state index is -0.397. The lowest BCUT2D eigenvalue weighted by molar-refractivity contribution is 0.0779. The van der Waals surface area contributed by atoms with Crippen LogP contribution in [0.3, 0.4) is 0 Å². The van der Waals surface area contributed by atoms with E-state index in [1.807, 2.05) is 100 Å². The lowest BCUT2D eigenvalue weighted by Crippen LogP contribution is -2.22. The normalized spacial score (nSPS) is 13.9. The molecular weight excluding hydrogens is 734 g/mol. The summed E-state index contributed by atoms with van der Waals surface area (Å²) >= 11 is 0. The van der Waals surface area contributed by atoms with Gasteiger partial charge in [-0.1, -0.05) is 48.0 Å². The quantitative estimate of drug-likeness (QED) is 0.125. The summed E-state index contributed by atoms with van der Waals surface area (Å²) in [5, 5.41) is 6.84. The van der Waals surface area contributed by atoms with E-state index in [1.54, 1.807) is 53.8 Å². The lowest BCUT2D eigenvalue weighted by Gasteiger charge is -2.18. The van der Waals surface area contributed by atoms with Crippen LogP contribution >= 0.6 is 0 Å². The van der Waals surface area contributed by atoms with E-state index in [0.29, 0.717) is 43.4 Å². The summed E-state index contributed by atoms with van der Waals surface area (Å²) in [7, 11) is 0. The van der Waals surface area contributed by atoms with Gasteiger partial charge in [0.15, 0.2) is 11.6 Å². The number of hydrogen-bond acceptors (Lipinski definition) is 9. The highest BCUT2D eigenvalue weighted by Gasteiger charge is 2.30. The topological polar surface area (TPSA) is 122 Å². The van der Waals surface area contributed by atoms with Gasteiger partial charge in [0.25, 0.3) is 11.8 Å². The van der Waals surface area contributed by atoms with E-state index in [1.165, 1.54) is 11.6 Å². The number of anilines is 2. The first-order valence-electron chi connectivity index (χ1n) is 19.4. The molecule has 2 N–H and O–H groups in total. The summed E-state index contributed by atoms with van der Waals surface area (Å²) in [4.78, 5) is 41.7. The van der Waals surface area contributed by atoms with Crippen LogP contribution in [0.1, 0.15) is 88.3 Å². The third-order valence-corrected chi connectivity index (χ3v) is 10.3. The maximum Gasteiger partial charge on any atom is 0.254 e. The molecule has 0 saturated carbocycles. The van der Waals surface area contributed by atoms with E-state index >= 15 is 0 Å². The molecule has 2 amide bonds. The largest absolute Gasteiger partial charge is 0.454 e. The van der Waals surface area contributed by atoms with Crippen molar-refractivity contribution in [1.29, 1.82) is 0 Å². The molecule has 296 valence electrons. The van der Waals surface area contributed by atoms with Crippen molar-refractivity contribution in [2.75, 3.05) is 23.7 Å². The number of hydrogen-bond donors (Lipinski definition) is 2. The molecule has 0 saturated heterocycles. The maximum absolute atomic E-state index is 13.7. The third kappa shape index (κ3) is 8.76. The molecule has 2 unspecified atom stereocenters. The van der Waals surface area contributed by atoms with Crippen LogP contribution in [-0.2, 0) is 13.1 Å². The number of nitrogens with one attached hydrogen (secondary N) is 2. The molecule has 11 nitrogen and oxygen atoms in total. The molecule has 0 spiro atoms. The molecule has 8 rings (SSSR count). The van der Waals surface area contributed by atoms with Crippen molar-refractivity contribution in [2.24, 2.45) is 0 Å². The predicted octanol–water partition coefficient (Wildman–Crippen LogP) is 9.89. The molecule has 0 radical (unpaired) electrons. The van der Waals surface area contributed by atoms with E-state index in [-0.39, 0.29) is 29.6 Å². The number of amides is 2. The Balaban J connectivity index is 0.000000177. The number of rotatable bonds is 12.